The summed E-state index contributed by atoms with van der Waals surface area (Å²) in [5.74, 6) is 0. The minimum atomic E-state index is 0.508. The van der Waals surface area contributed by atoms with Crippen molar-refractivity contribution in [2.24, 2.45) is 5.41 Å². The molecule has 0 atom stereocenters. The van der Waals surface area contributed by atoms with E-state index in [1.807, 2.05) is 0 Å². The summed E-state index contributed by atoms with van der Waals surface area (Å²) in [6.07, 6.45) is 9.81. The lowest BCUT2D eigenvalue weighted by Gasteiger charge is -2.38. The van der Waals surface area contributed by atoms with Crippen LogP contribution < -0.4 is 5.32 Å². The van der Waals surface area contributed by atoms with E-state index in [-0.39, 0.29) is 0 Å². The van der Waals surface area contributed by atoms with E-state index in [1.165, 1.54) is 71.1 Å². The van der Waals surface area contributed by atoms with Gasteiger partial charge in [-0.25, -0.2) is 0 Å². The molecule has 0 aromatic heterocycles. The largest absolute Gasteiger partial charge is 0.314 e. The Bertz CT molecular complexity index is 255. The zero-order valence-electron chi connectivity index (χ0n) is 15.2. The molecular weight excluding hydrogens is 258 g/mol. The van der Waals surface area contributed by atoms with Crippen LogP contribution in [0.2, 0.25) is 0 Å². The Morgan fingerprint density at radius 2 is 1.57 bits per heavy atom. The third-order valence-electron chi connectivity index (χ3n) is 4.80. The summed E-state index contributed by atoms with van der Waals surface area (Å²) in [7, 11) is 6.65. The molecule has 3 heteroatoms. The molecule has 0 unspecified atom stereocenters. The van der Waals surface area contributed by atoms with E-state index in [0.29, 0.717) is 11.5 Å². The van der Waals surface area contributed by atoms with Gasteiger partial charge in [0, 0.05) is 19.1 Å². The molecule has 0 amide bonds. The summed E-state index contributed by atoms with van der Waals surface area (Å²) < 4.78 is 0. The summed E-state index contributed by atoms with van der Waals surface area (Å²) in [4.78, 5) is 4.87. The predicted molar refractivity (Wildman–Crippen MR) is 93.9 cm³/mol. The minimum absolute atomic E-state index is 0.508. The molecule has 126 valence electrons. The first-order valence-corrected chi connectivity index (χ1v) is 9.00. The molecular formula is C18H39N3. The summed E-state index contributed by atoms with van der Waals surface area (Å²) in [5, 5.41) is 3.73. The Balaban J connectivity index is 2.50. The lowest BCUT2D eigenvalue weighted by atomic mass is 9.79. The Hall–Kier alpha value is -0.120. The maximum atomic E-state index is 3.73. The molecule has 1 N–H and O–H groups in total. The maximum absolute atomic E-state index is 3.73. The molecule has 1 aliphatic rings. The second-order valence-electron chi connectivity index (χ2n) is 7.84. The summed E-state index contributed by atoms with van der Waals surface area (Å²) in [5.41, 5.74) is 0.508. The van der Waals surface area contributed by atoms with Crippen LogP contribution in [0.15, 0.2) is 0 Å². The van der Waals surface area contributed by atoms with Crippen LogP contribution >= 0.6 is 0 Å². The van der Waals surface area contributed by atoms with Crippen molar-refractivity contribution >= 4 is 0 Å². The highest BCUT2D eigenvalue weighted by molar-refractivity contribution is 4.87. The Labute approximate surface area is 133 Å². The molecule has 0 aliphatic heterocycles. The third-order valence-corrected chi connectivity index (χ3v) is 4.80. The zero-order chi connectivity index (χ0) is 15.7. The third kappa shape index (κ3) is 8.18. The van der Waals surface area contributed by atoms with E-state index >= 15 is 0 Å². The molecule has 3 nitrogen and oxygen atoms in total. The van der Waals surface area contributed by atoms with E-state index in [0.717, 1.165) is 0 Å². The van der Waals surface area contributed by atoms with Gasteiger partial charge in [0.1, 0.15) is 0 Å². The van der Waals surface area contributed by atoms with Gasteiger partial charge in [0.05, 0.1) is 0 Å². The SMILES string of the molecule is CC(C)NCC1(CN(C)CCCN(C)C)CCCCCC1. The van der Waals surface area contributed by atoms with Gasteiger partial charge in [-0.1, -0.05) is 39.5 Å². The first-order valence-electron chi connectivity index (χ1n) is 9.00. The quantitative estimate of drug-likeness (QED) is 0.659. The molecule has 0 saturated heterocycles. The Kier molecular flexibility index (Phi) is 8.84. The maximum Gasteiger partial charge on any atom is 0.00471 e. The van der Waals surface area contributed by atoms with Crippen LogP contribution in [0.4, 0.5) is 0 Å². The van der Waals surface area contributed by atoms with Crippen LogP contribution in [0.3, 0.4) is 0 Å². The van der Waals surface area contributed by atoms with Crippen LogP contribution in [-0.2, 0) is 0 Å². The molecule has 1 aliphatic carbocycles. The smallest absolute Gasteiger partial charge is 0.00471 e. The molecule has 0 bridgehead atoms. The van der Waals surface area contributed by atoms with Gasteiger partial charge >= 0.3 is 0 Å². The van der Waals surface area contributed by atoms with Gasteiger partial charge in [-0.15, -0.1) is 0 Å². The monoisotopic (exact) mass is 297 g/mol. The zero-order valence-corrected chi connectivity index (χ0v) is 15.2. The molecule has 0 aromatic carbocycles. The predicted octanol–water partition coefficient (Wildman–Crippen LogP) is 3.21. The van der Waals surface area contributed by atoms with Gasteiger partial charge in [-0.2, -0.15) is 0 Å². The number of rotatable bonds is 9. The fourth-order valence-corrected chi connectivity index (χ4v) is 3.60. The first-order chi connectivity index (χ1) is 9.93. The van der Waals surface area contributed by atoms with Crippen molar-refractivity contribution in [2.45, 2.75) is 64.8 Å². The molecule has 0 spiro atoms. The number of nitrogens with one attached hydrogen (secondary N) is 1. The topological polar surface area (TPSA) is 18.5 Å². The molecule has 1 fully saturated rings. The molecule has 0 heterocycles. The van der Waals surface area contributed by atoms with E-state index in [2.05, 4.69) is 50.1 Å². The van der Waals surface area contributed by atoms with E-state index in [4.69, 9.17) is 0 Å². The molecule has 0 aromatic rings. The van der Waals surface area contributed by atoms with Gasteiger partial charge in [0.15, 0.2) is 0 Å². The number of nitrogens with zero attached hydrogens (tertiary/aromatic N) is 2. The van der Waals surface area contributed by atoms with Crippen LogP contribution in [0, 0.1) is 5.41 Å². The highest BCUT2D eigenvalue weighted by Gasteiger charge is 2.31. The fraction of sp³-hybridized carbons (Fsp3) is 1.00. The van der Waals surface area contributed by atoms with Gasteiger partial charge in [0.25, 0.3) is 0 Å². The lowest BCUT2D eigenvalue weighted by Crippen LogP contribution is -2.45. The standard InChI is InChI=1S/C18H39N3/c1-17(2)19-15-18(11-8-6-7-9-12-18)16-21(5)14-10-13-20(3)4/h17,19H,6-16H2,1-5H3. The normalized spacial score (nSPS) is 19.4. The van der Waals surface area contributed by atoms with E-state index in [1.54, 1.807) is 0 Å². The van der Waals surface area contributed by atoms with E-state index in [9.17, 15) is 0 Å². The average Bonchev–Trinajstić information content (AvgIpc) is 2.62. The highest BCUT2D eigenvalue weighted by Crippen LogP contribution is 2.35. The van der Waals surface area contributed by atoms with Gasteiger partial charge < -0.3 is 15.1 Å². The molecule has 0 radical (unpaired) electrons. The van der Waals surface area contributed by atoms with Gasteiger partial charge in [-0.3, -0.25) is 0 Å². The van der Waals surface area contributed by atoms with Crippen molar-refractivity contribution in [2.75, 3.05) is 47.3 Å². The van der Waals surface area contributed by atoms with Crippen molar-refractivity contribution in [3.05, 3.63) is 0 Å². The lowest BCUT2D eigenvalue weighted by molar-refractivity contribution is 0.140. The Morgan fingerprint density at radius 3 is 2.10 bits per heavy atom. The summed E-state index contributed by atoms with van der Waals surface area (Å²) in [6, 6.07) is 0.601. The summed E-state index contributed by atoms with van der Waals surface area (Å²) in [6.45, 7) is 9.42. The van der Waals surface area contributed by atoms with Crippen LogP contribution in [0.5, 0.6) is 0 Å². The van der Waals surface area contributed by atoms with Crippen molar-refractivity contribution in [3.63, 3.8) is 0 Å². The van der Waals surface area contributed by atoms with Crippen LogP contribution in [0.25, 0.3) is 0 Å². The van der Waals surface area contributed by atoms with Gasteiger partial charge in [-0.05, 0) is 58.9 Å². The van der Waals surface area contributed by atoms with E-state index < -0.39 is 0 Å². The Morgan fingerprint density at radius 1 is 0.952 bits per heavy atom. The van der Waals surface area contributed by atoms with Crippen LogP contribution in [-0.4, -0.2) is 63.2 Å². The number of hydrogen-bond donors (Lipinski definition) is 1. The van der Waals surface area contributed by atoms with Crippen LogP contribution in [0.1, 0.15) is 58.8 Å². The van der Waals surface area contributed by atoms with Gasteiger partial charge in [0.2, 0.25) is 0 Å². The minimum Gasteiger partial charge on any atom is -0.314 e. The van der Waals surface area contributed by atoms with Crippen molar-refractivity contribution in [1.82, 2.24) is 15.1 Å². The van der Waals surface area contributed by atoms with Crippen molar-refractivity contribution < 1.29 is 0 Å². The molecule has 1 saturated carbocycles. The molecule has 1 rings (SSSR count). The van der Waals surface area contributed by atoms with Crippen molar-refractivity contribution in [1.29, 1.82) is 0 Å². The molecule has 21 heavy (non-hydrogen) atoms. The summed E-state index contributed by atoms with van der Waals surface area (Å²) >= 11 is 0. The second-order valence-corrected chi connectivity index (χ2v) is 7.84. The first kappa shape index (κ1) is 18.9. The average molecular weight is 298 g/mol. The highest BCUT2D eigenvalue weighted by atomic mass is 15.1. The van der Waals surface area contributed by atoms with Crippen molar-refractivity contribution in [3.8, 4) is 0 Å². The fourth-order valence-electron chi connectivity index (χ4n) is 3.60. The second kappa shape index (κ2) is 9.81. The number of hydrogen-bond acceptors (Lipinski definition) is 3.